The lowest BCUT2D eigenvalue weighted by atomic mass is 10.2. The molecule has 0 atom stereocenters. The summed E-state index contributed by atoms with van der Waals surface area (Å²) in [7, 11) is 0.934. The maximum atomic E-state index is 12.7. The lowest BCUT2D eigenvalue weighted by Crippen LogP contribution is -2.24. The van der Waals surface area contributed by atoms with Crippen LogP contribution in [0.2, 0.25) is 0 Å². The SMILES string of the molecule is COc1ccc(S(=O)(=O)NCc2cc(-c3ccncc3)n(C)n2)c(OC)c1. The van der Waals surface area contributed by atoms with Crippen LogP contribution in [-0.2, 0) is 23.6 Å². The van der Waals surface area contributed by atoms with Gasteiger partial charge in [-0.3, -0.25) is 9.67 Å². The van der Waals surface area contributed by atoms with Crippen molar-refractivity contribution in [2.45, 2.75) is 11.4 Å². The highest BCUT2D eigenvalue weighted by atomic mass is 32.2. The van der Waals surface area contributed by atoms with Gasteiger partial charge in [0.05, 0.1) is 32.2 Å². The lowest BCUT2D eigenvalue weighted by Gasteiger charge is -2.11. The first-order valence-corrected chi connectivity index (χ1v) is 9.58. The minimum atomic E-state index is -3.78. The standard InChI is InChI=1S/C18H20N4O4S/c1-22-16(13-6-8-19-9-7-13)10-14(21-22)12-20-27(23,24)18-5-4-15(25-2)11-17(18)26-3/h4-11,20H,12H2,1-3H3. The van der Waals surface area contributed by atoms with Crippen molar-refractivity contribution in [3.63, 3.8) is 0 Å². The Balaban J connectivity index is 1.81. The zero-order valence-corrected chi connectivity index (χ0v) is 16.0. The molecule has 0 saturated heterocycles. The number of nitrogens with one attached hydrogen (secondary N) is 1. The van der Waals surface area contributed by atoms with Crippen molar-refractivity contribution in [1.82, 2.24) is 19.5 Å². The Labute approximate surface area is 157 Å². The van der Waals surface area contributed by atoms with E-state index in [0.717, 1.165) is 11.3 Å². The smallest absolute Gasteiger partial charge is 0.244 e. The largest absolute Gasteiger partial charge is 0.497 e. The van der Waals surface area contributed by atoms with E-state index in [4.69, 9.17) is 9.47 Å². The van der Waals surface area contributed by atoms with E-state index < -0.39 is 10.0 Å². The van der Waals surface area contributed by atoms with Crippen LogP contribution in [0.1, 0.15) is 5.69 Å². The third-order valence-corrected chi connectivity index (χ3v) is 5.45. The minimum absolute atomic E-state index is 0.0380. The molecule has 0 spiro atoms. The van der Waals surface area contributed by atoms with E-state index >= 15 is 0 Å². The lowest BCUT2D eigenvalue weighted by molar-refractivity contribution is 0.386. The fourth-order valence-electron chi connectivity index (χ4n) is 2.65. The van der Waals surface area contributed by atoms with Crippen LogP contribution in [0.15, 0.2) is 53.7 Å². The second kappa shape index (κ2) is 7.77. The molecule has 8 nitrogen and oxygen atoms in total. The van der Waals surface area contributed by atoms with Crippen LogP contribution in [0.3, 0.4) is 0 Å². The summed E-state index contributed by atoms with van der Waals surface area (Å²) in [5.41, 5.74) is 2.42. The molecular weight excluding hydrogens is 368 g/mol. The monoisotopic (exact) mass is 388 g/mol. The van der Waals surface area contributed by atoms with Crippen LogP contribution in [-0.4, -0.2) is 37.4 Å². The number of hydrogen-bond donors (Lipinski definition) is 1. The zero-order valence-electron chi connectivity index (χ0n) is 15.2. The van der Waals surface area contributed by atoms with E-state index in [-0.39, 0.29) is 17.2 Å². The van der Waals surface area contributed by atoms with E-state index in [0.29, 0.717) is 11.4 Å². The van der Waals surface area contributed by atoms with Gasteiger partial charge < -0.3 is 9.47 Å². The van der Waals surface area contributed by atoms with Crippen LogP contribution >= 0.6 is 0 Å². The molecular formula is C18H20N4O4S. The molecule has 0 saturated carbocycles. The molecule has 1 aromatic carbocycles. The maximum absolute atomic E-state index is 12.7. The molecule has 0 fully saturated rings. The highest BCUT2D eigenvalue weighted by Crippen LogP contribution is 2.28. The predicted octanol–water partition coefficient (Wildman–Crippen LogP) is 1.98. The number of benzene rings is 1. The number of aromatic nitrogens is 3. The summed E-state index contributed by atoms with van der Waals surface area (Å²) in [5, 5.41) is 4.37. The molecule has 3 aromatic rings. The van der Waals surface area contributed by atoms with E-state index in [9.17, 15) is 8.42 Å². The van der Waals surface area contributed by atoms with Crippen molar-refractivity contribution in [1.29, 1.82) is 0 Å². The minimum Gasteiger partial charge on any atom is -0.497 e. The van der Waals surface area contributed by atoms with Crippen molar-refractivity contribution in [2.24, 2.45) is 7.05 Å². The van der Waals surface area contributed by atoms with Crippen LogP contribution in [0.25, 0.3) is 11.3 Å². The summed E-state index contributed by atoms with van der Waals surface area (Å²) in [4.78, 5) is 4.03. The first-order chi connectivity index (χ1) is 12.9. The van der Waals surface area contributed by atoms with Gasteiger partial charge in [-0.05, 0) is 30.3 Å². The number of ether oxygens (including phenoxy) is 2. The third-order valence-electron chi connectivity index (χ3n) is 4.01. The van der Waals surface area contributed by atoms with E-state index in [1.807, 2.05) is 18.2 Å². The summed E-state index contributed by atoms with van der Waals surface area (Å²) >= 11 is 0. The Morgan fingerprint density at radius 3 is 2.48 bits per heavy atom. The molecule has 2 aromatic heterocycles. The molecule has 0 amide bonds. The van der Waals surface area contributed by atoms with Gasteiger partial charge >= 0.3 is 0 Å². The maximum Gasteiger partial charge on any atom is 0.244 e. The molecule has 1 N–H and O–H groups in total. The Kier molecular flexibility index (Phi) is 5.43. The summed E-state index contributed by atoms with van der Waals surface area (Å²) in [6.07, 6.45) is 3.39. The molecule has 0 radical (unpaired) electrons. The quantitative estimate of drug-likeness (QED) is 0.665. The molecule has 142 valence electrons. The fraction of sp³-hybridized carbons (Fsp3) is 0.222. The molecule has 0 aliphatic heterocycles. The van der Waals surface area contributed by atoms with E-state index in [2.05, 4.69) is 14.8 Å². The van der Waals surface area contributed by atoms with Gasteiger partial charge in [0, 0.05) is 31.1 Å². The van der Waals surface area contributed by atoms with Gasteiger partial charge in [0.2, 0.25) is 10.0 Å². The summed E-state index contributed by atoms with van der Waals surface area (Å²) in [5.74, 6) is 0.720. The van der Waals surface area contributed by atoms with Gasteiger partial charge in [-0.25, -0.2) is 13.1 Å². The van der Waals surface area contributed by atoms with Crippen LogP contribution in [0.5, 0.6) is 11.5 Å². The molecule has 27 heavy (non-hydrogen) atoms. The molecule has 0 bridgehead atoms. The number of hydrogen-bond acceptors (Lipinski definition) is 6. The first kappa shape index (κ1) is 18.9. The van der Waals surface area contributed by atoms with Gasteiger partial charge in [0.15, 0.2) is 0 Å². The van der Waals surface area contributed by atoms with Crippen molar-refractivity contribution >= 4 is 10.0 Å². The fourth-order valence-corrected chi connectivity index (χ4v) is 3.80. The number of sulfonamides is 1. The number of pyridine rings is 1. The molecule has 0 aliphatic carbocycles. The first-order valence-electron chi connectivity index (χ1n) is 8.09. The Bertz CT molecular complexity index is 1030. The summed E-state index contributed by atoms with van der Waals surface area (Å²) in [6, 6.07) is 10.1. The summed E-state index contributed by atoms with van der Waals surface area (Å²) in [6.45, 7) is 0.0520. The van der Waals surface area contributed by atoms with Crippen molar-refractivity contribution in [3.05, 3.63) is 54.5 Å². The predicted molar refractivity (Wildman–Crippen MR) is 100 cm³/mol. The van der Waals surface area contributed by atoms with Crippen LogP contribution < -0.4 is 14.2 Å². The highest BCUT2D eigenvalue weighted by molar-refractivity contribution is 7.89. The number of aryl methyl sites for hydroxylation is 1. The van der Waals surface area contributed by atoms with Crippen molar-refractivity contribution < 1.29 is 17.9 Å². The topological polar surface area (TPSA) is 95.3 Å². The average Bonchev–Trinajstić information content (AvgIpc) is 3.07. The Hall–Kier alpha value is -2.91. The average molecular weight is 388 g/mol. The molecule has 0 aliphatic rings. The second-order valence-electron chi connectivity index (χ2n) is 5.72. The molecule has 9 heteroatoms. The zero-order chi connectivity index (χ0) is 19.4. The highest BCUT2D eigenvalue weighted by Gasteiger charge is 2.20. The second-order valence-corrected chi connectivity index (χ2v) is 7.46. The van der Waals surface area contributed by atoms with Gasteiger partial charge in [-0.1, -0.05) is 0 Å². The van der Waals surface area contributed by atoms with E-state index in [1.54, 1.807) is 30.2 Å². The van der Waals surface area contributed by atoms with Gasteiger partial charge in [-0.2, -0.15) is 5.10 Å². The van der Waals surface area contributed by atoms with Crippen molar-refractivity contribution in [2.75, 3.05) is 14.2 Å². The van der Waals surface area contributed by atoms with Crippen molar-refractivity contribution in [3.8, 4) is 22.8 Å². The van der Waals surface area contributed by atoms with E-state index in [1.165, 1.54) is 26.4 Å². The number of rotatable bonds is 7. The normalized spacial score (nSPS) is 11.4. The van der Waals surface area contributed by atoms with Crippen LogP contribution in [0, 0.1) is 0 Å². The molecule has 3 rings (SSSR count). The Morgan fingerprint density at radius 1 is 1.07 bits per heavy atom. The summed E-state index contributed by atoms with van der Waals surface area (Å²) < 4.78 is 39.9. The third kappa shape index (κ3) is 4.09. The molecule has 2 heterocycles. The van der Waals surface area contributed by atoms with Gasteiger partial charge in [0.25, 0.3) is 0 Å². The van der Waals surface area contributed by atoms with Crippen LogP contribution in [0.4, 0.5) is 0 Å². The Morgan fingerprint density at radius 2 is 1.81 bits per heavy atom. The number of nitrogens with zero attached hydrogens (tertiary/aromatic N) is 3. The number of methoxy groups -OCH3 is 2. The van der Waals surface area contributed by atoms with Gasteiger partial charge in [0.1, 0.15) is 16.4 Å². The van der Waals surface area contributed by atoms with Gasteiger partial charge in [-0.15, -0.1) is 0 Å². The molecule has 0 unspecified atom stereocenters.